The maximum atomic E-state index is 12.6. The van der Waals surface area contributed by atoms with Crippen molar-refractivity contribution in [3.05, 3.63) is 16.1 Å². The molecule has 1 aromatic heterocycles. The molecule has 1 aliphatic carbocycles. The fourth-order valence-electron chi connectivity index (χ4n) is 3.27. The van der Waals surface area contributed by atoms with Gasteiger partial charge >= 0.3 is 5.97 Å². The van der Waals surface area contributed by atoms with E-state index in [0.717, 1.165) is 30.7 Å². The summed E-state index contributed by atoms with van der Waals surface area (Å²) in [5.74, 6) is -0.188. The van der Waals surface area contributed by atoms with Crippen molar-refractivity contribution in [2.75, 3.05) is 7.11 Å². The van der Waals surface area contributed by atoms with E-state index in [2.05, 4.69) is 11.9 Å². The van der Waals surface area contributed by atoms with Gasteiger partial charge in [-0.05, 0) is 19.3 Å². The summed E-state index contributed by atoms with van der Waals surface area (Å²) in [7, 11) is 1.35. The SMILES string of the molecule is CCCCCCCCCCCC(=O)N(Cc1nc(C(=O)OC)cs1)C1CC1. The fourth-order valence-corrected chi connectivity index (χ4v) is 4.03. The Morgan fingerprint density at radius 2 is 1.74 bits per heavy atom. The number of aromatic nitrogens is 1. The number of rotatable bonds is 14. The van der Waals surface area contributed by atoms with Gasteiger partial charge in [0.15, 0.2) is 5.69 Å². The molecule has 1 saturated carbocycles. The van der Waals surface area contributed by atoms with E-state index in [1.54, 1.807) is 5.38 Å². The van der Waals surface area contributed by atoms with Crippen LogP contribution in [0.15, 0.2) is 5.38 Å². The van der Waals surface area contributed by atoms with Crippen molar-refractivity contribution in [3.63, 3.8) is 0 Å². The van der Waals surface area contributed by atoms with Crippen molar-refractivity contribution in [2.45, 2.75) is 96.6 Å². The number of esters is 1. The van der Waals surface area contributed by atoms with Crippen molar-refractivity contribution >= 4 is 23.2 Å². The lowest BCUT2D eigenvalue weighted by molar-refractivity contribution is -0.132. The number of methoxy groups -OCH3 is 1. The van der Waals surface area contributed by atoms with Crippen LogP contribution >= 0.6 is 11.3 Å². The zero-order valence-electron chi connectivity index (χ0n) is 16.9. The number of carbonyl (C=O) groups is 2. The monoisotopic (exact) mass is 394 g/mol. The van der Waals surface area contributed by atoms with Gasteiger partial charge < -0.3 is 9.64 Å². The van der Waals surface area contributed by atoms with Gasteiger partial charge in [-0.2, -0.15) is 0 Å². The van der Waals surface area contributed by atoms with Crippen molar-refractivity contribution in [3.8, 4) is 0 Å². The number of hydrogen-bond acceptors (Lipinski definition) is 5. The molecule has 6 heteroatoms. The minimum absolute atomic E-state index is 0.232. The summed E-state index contributed by atoms with van der Waals surface area (Å²) in [5, 5.41) is 2.51. The molecular formula is C21H34N2O3S. The van der Waals surface area contributed by atoms with Crippen LogP contribution in [0.1, 0.15) is 99.5 Å². The van der Waals surface area contributed by atoms with Crippen LogP contribution in [0.5, 0.6) is 0 Å². The van der Waals surface area contributed by atoms with E-state index in [4.69, 9.17) is 4.74 Å². The smallest absolute Gasteiger partial charge is 0.357 e. The normalized spacial score (nSPS) is 13.6. The van der Waals surface area contributed by atoms with Crippen LogP contribution < -0.4 is 0 Å². The predicted molar refractivity (Wildman–Crippen MR) is 109 cm³/mol. The summed E-state index contributed by atoms with van der Waals surface area (Å²) in [6.07, 6.45) is 14.1. The first-order chi connectivity index (χ1) is 13.2. The summed E-state index contributed by atoms with van der Waals surface area (Å²) < 4.78 is 4.70. The number of amides is 1. The Kier molecular flexibility index (Phi) is 9.81. The van der Waals surface area contributed by atoms with Crippen LogP contribution in [0.25, 0.3) is 0 Å². The second-order valence-corrected chi connectivity index (χ2v) is 8.39. The standard InChI is InChI=1S/C21H34N2O3S/c1-3-4-5-6-7-8-9-10-11-12-20(24)23(17-13-14-17)15-19-22-18(16-27-19)21(25)26-2/h16-17H,3-15H2,1-2H3. The first-order valence-electron chi connectivity index (χ1n) is 10.5. The van der Waals surface area contributed by atoms with E-state index in [1.807, 2.05) is 4.90 Å². The largest absolute Gasteiger partial charge is 0.464 e. The molecule has 5 nitrogen and oxygen atoms in total. The highest BCUT2D eigenvalue weighted by molar-refractivity contribution is 7.09. The van der Waals surface area contributed by atoms with Crippen molar-refractivity contribution in [2.24, 2.45) is 0 Å². The van der Waals surface area contributed by atoms with E-state index in [9.17, 15) is 9.59 Å². The number of nitrogens with zero attached hydrogens (tertiary/aromatic N) is 2. The first-order valence-corrected chi connectivity index (χ1v) is 11.4. The van der Waals surface area contributed by atoms with Crippen LogP contribution in [0.4, 0.5) is 0 Å². The predicted octanol–water partition coefficient (Wildman–Crippen LogP) is 5.34. The third-order valence-corrected chi connectivity index (χ3v) is 5.89. The van der Waals surface area contributed by atoms with Crippen molar-refractivity contribution in [1.82, 2.24) is 9.88 Å². The molecule has 1 fully saturated rings. The van der Waals surface area contributed by atoms with Gasteiger partial charge in [0, 0.05) is 17.8 Å². The Morgan fingerprint density at radius 3 is 2.33 bits per heavy atom. The van der Waals surface area contributed by atoms with Gasteiger partial charge in [0.1, 0.15) is 5.01 Å². The van der Waals surface area contributed by atoms with Gasteiger partial charge in [0.2, 0.25) is 5.91 Å². The number of carbonyl (C=O) groups excluding carboxylic acids is 2. The molecule has 0 radical (unpaired) electrons. The molecule has 0 unspecified atom stereocenters. The Balaban J connectivity index is 1.66. The average molecular weight is 395 g/mol. The van der Waals surface area contributed by atoms with Gasteiger partial charge in [0.05, 0.1) is 13.7 Å². The first kappa shape index (κ1) is 21.9. The molecule has 1 amide bonds. The lowest BCUT2D eigenvalue weighted by Gasteiger charge is -2.21. The van der Waals surface area contributed by atoms with Crippen molar-refractivity contribution < 1.29 is 14.3 Å². The topological polar surface area (TPSA) is 59.5 Å². The Morgan fingerprint density at radius 1 is 1.11 bits per heavy atom. The zero-order valence-corrected chi connectivity index (χ0v) is 17.7. The molecule has 0 aromatic carbocycles. The van der Waals surface area contributed by atoms with Gasteiger partial charge in [-0.15, -0.1) is 11.3 Å². The van der Waals surface area contributed by atoms with Gasteiger partial charge in [-0.3, -0.25) is 4.79 Å². The lowest BCUT2D eigenvalue weighted by atomic mass is 10.1. The molecule has 2 rings (SSSR count). The third kappa shape index (κ3) is 7.99. The summed E-state index contributed by atoms with van der Waals surface area (Å²) >= 11 is 1.42. The molecule has 1 heterocycles. The summed E-state index contributed by atoms with van der Waals surface area (Å²) in [6, 6.07) is 0.363. The van der Waals surface area contributed by atoms with Crippen LogP contribution in [-0.2, 0) is 16.1 Å². The van der Waals surface area contributed by atoms with Gasteiger partial charge in [0.25, 0.3) is 0 Å². The number of thiazole rings is 1. The summed E-state index contributed by atoms with van der Waals surface area (Å²) in [6.45, 7) is 2.76. The van der Waals surface area contributed by atoms with E-state index in [0.29, 0.717) is 24.7 Å². The molecule has 1 aromatic rings. The van der Waals surface area contributed by atoms with E-state index in [1.165, 1.54) is 63.4 Å². The number of hydrogen-bond donors (Lipinski definition) is 0. The minimum Gasteiger partial charge on any atom is -0.464 e. The second kappa shape index (κ2) is 12.1. The molecular weight excluding hydrogens is 360 g/mol. The van der Waals surface area contributed by atoms with Gasteiger partial charge in [-0.1, -0.05) is 58.3 Å². The lowest BCUT2D eigenvalue weighted by Crippen LogP contribution is -2.32. The fraction of sp³-hybridized carbons (Fsp3) is 0.762. The Labute approximate surface area is 167 Å². The molecule has 0 atom stereocenters. The number of ether oxygens (including phenoxy) is 1. The molecule has 0 N–H and O–H groups in total. The molecule has 0 aliphatic heterocycles. The van der Waals surface area contributed by atoms with E-state index in [-0.39, 0.29) is 5.91 Å². The molecule has 152 valence electrons. The second-order valence-electron chi connectivity index (χ2n) is 7.45. The van der Waals surface area contributed by atoms with Crippen LogP contribution in [0.2, 0.25) is 0 Å². The summed E-state index contributed by atoms with van der Waals surface area (Å²) in [5.41, 5.74) is 0.333. The van der Waals surface area contributed by atoms with Crippen LogP contribution in [0, 0.1) is 0 Å². The van der Waals surface area contributed by atoms with E-state index >= 15 is 0 Å². The highest BCUT2D eigenvalue weighted by atomic mass is 32.1. The molecule has 1 aliphatic rings. The summed E-state index contributed by atoms with van der Waals surface area (Å²) in [4.78, 5) is 30.5. The van der Waals surface area contributed by atoms with Gasteiger partial charge in [-0.25, -0.2) is 9.78 Å². The maximum absolute atomic E-state index is 12.6. The Hall–Kier alpha value is -1.43. The molecule has 0 saturated heterocycles. The maximum Gasteiger partial charge on any atom is 0.357 e. The Bertz CT molecular complexity index is 584. The zero-order chi connectivity index (χ0) is 19.5. The number of unbranched alkanes of at least 4 members (excludes halogenated alkanes) is 8. The average Bonchev–Trinajstić information content (AvgIpc) is 3.41. The quantitative estimate of drug-likeness (QED) is 0.315. The van der Waals surface area contributed by atoms with Crippen molar-refractivity contribution in [1.29, 1.82) is 0 Å². The molecule has 27 heavy (non-hydrogen) atoms. The highest BCUT2D eigenvalue weighted by Gasteiger charge is 2.32. The highest BCUT2D eigenvalue weighted by Crippen LogP contribution is 2.30. The molecule has 0 bridgehead atoms. The third-order valence-electron chi connectivity index (χ3n) is 5.05. The van der Waals surface area contributed by atoms with E-state index < -0.39 is 5.97 Å². The minimum atomic E-state index is -0.420. The molecule has 0 spiro atoms. The van der Waals surface area contributed by atoms with Crippen LogP contribution in [-0.4, -0.2) is 34.9 Å². The van der Waals surface area contributed by atoms with Crippen LogP contribution in [0.3, 0.4) is 0 Å².